The second-order valence-electron chi connectivity index (χ2n) is 5.54. The van der Waals surface area contributed by atoms with Gasteiger partial charge in [0.2, 0.25) is 0 Å². The predicted molar refractivity (Wildman–Crippen MR) is 105 cm³/mol. The molecule has 27 heavy (non-hydrogen) atoms. The van der Waals surface area contributed by atoms with Gasteiger partial charge in [0.1, 0.15) is 5.75 Å². The van der Waals surface area contributed by atoms with Crippen LogP contribution in [0.2, 0.25) is 0 Å². The van der Waals surface area contributed by atoms with Crippen LogP contribution in [0.3, 0.4) is 0 Å². The molecular weight excluding hydrogens is 382 g/mol. The van der Waals surface area contributed by atoms with E-state index in [1.54, 1.807) is 43.9 Å². The number of aromatic nitrogens is 5. The summed E-state index contributed by atoms with van der Waals surface area (Å²) >= 11 is 2.79. The molecule has 0 bridgehead atoms. The number of aliphatic hydroxyl groups is 1. The fourth-order valence-electron chi connectivity index (χ4n) is 2.82. The molecule has 3 aromatic rings. The molecule has 0 aliphatic carbocycles. The summed E-state index contributed by atoms with van der Waals surface area (Å²) in [7, 11) is 1.55. The number of hydrogen-bond donors (Lipinski definition) is 1. The Bertz CT molecular complexity index is 907. The van der Waals surface area contributed by atoms with Crippen molar-refractivity contribution in [1.82, 2.24) is 24.9 Å². The lowest BCUT2D eigenvalue weighted by Gasteiger charge is -2.30. The van der Waals surface area contributed by atoms with Gasteiger partial charge in [0.05, 0.1) is 24.1 Å². The zero-order chi connectivity index (χ0) is 19.4. The van der Waals surface area contributed by atoms with Crippen LogP contribution in [-0.4, -0.2) is 49.6 Å². The minimum atomic E-state index is -1.68. The molecule has 9 heteroatoms. The van der Waals surface area contributed by atoms with Crippen molar-refractivity contribution in [1.29, 1.82) is 0 Å². The maximum atomic E-state index is 12.0. The number of nitrogens with zero attached hydrogens (tertiary/aromatic N) is 5. The van der Waals surface area contributed by atoms with E-state index in [2.05, 4.69) is 24.9 Å². The summed E-state index contributed by atoms with van der Waals surface area (Å²) in [6.07, 6.45) is 8.63. The van der Waals surface area contributed by atoms with Crippen LogP contribution in [0.1, 0.15) is 22.6 Å². The lowest BCUT2D eigenvalue weighted by Crippen LogP contribution is -2.33. The summed E-state index contributed by atoms with van der Waals surface area (Å²) in [6.45, 7) is 1.82. The minimum Gasteiger partial charge on any atom is -0.496 e. The van der Waals surface area contributed by atoms with Gasteiger partial charge in [0.25, 0.3) is 0 Å². The lowest BCUT2D eigenvalue weighted by molar-refractivity contribution is 0.109. The fraction of sp³-hybridized carbons (Fsp3) is 0.278. The number of pyridine rings is 1. The first-order valence-electron chi connectivity index (χ1n) is 8.02. The van der Waals surface area contributed by atoms with E-state index in [1.165, 1.54) is 23.5 Å². The Kier molecular flexibility index (Phi) is 5.93. The van der Waals surface area contributed by atoms with Gasteiger partial charge in [-0.15, -0.1) is 0 Å². The standard InChI is InChI=1S/C18H19N5O2S2/c1-11-15(12(25-2)5-8-19-11)18(24,13-6-9-20-16(22-13)26-3)14-7-10-21-17(23-14)27-4/h5-10,24H,1-4H3. The van der Waals surface area contributed by atoms with Gasteiger partial charge in [-0.2, -0.15) is 0 Å². The monoisotopic (exact) mass is 401 g/mol. The largest absolute Gasteiger partial charge is 0.496 e. The smallest absolute Gasteiger partial charge is 0.187 e. The van der Waals surface area contributed by atoms with E-state index in [-0.39, 0.29) is 0 Å². The Hall–Kier alpha value is -2.23. The molecule has 0 atom stereocenters. The zero-order valence-electron chi connectivity index (χ0n) is 15.4. The molecule has 3 aromatic heterocycles. The van der Waals surface area contributed by atoms with Crippen LogP contribution >= 0.6 is 23.5 Å². The van der Waals surface area contributed by atoms with Crippen molar-refractivity contribution in [3.8, 4) is 5.75 Å². The zero-order valence-corrected chi connectivity index (χ0v) is 17.0. The number of methoxy groups -OCH3 is 1. The second kappa shape index (κ2) is 8.20. The first-order chi connectivity index (χ1) is 13.0. The molecule has 0 fully saturated rings. The molecule has 0 aliphatic rings. The van der Waals surface area contributed by atoms with Gasteiger partial charge in [-0.25, -0.2) is 19.9 Å². The van der Waals surface area contributed by atoms with Gasteiger partial charge in [-0.3, -0.25) is 4.98 Å². The van der Waals surface area contributed by atoms with Crippen molar-refractivity contribution in [3.05, 3.63) is 59.4 Å². The number of ether oxygens (including phenoxy) is 1. The Morgan fingerprint density at radius 2 is 1.41 bits per heavy atom. The van der Waals surface area contributed by atoms with E-state index in [9.17, 15) is 5.11 Å². The van der Waals surface area contributed by atoms with Crippen molar-refractivity contribution in [2.75, 3.05) is 19.6 Å². The Morgan fingerprint density at radius 1 is 0.889 bits per heavy atom. The molecule has 0 saturated carbocycles. The Labute approximate surface area is 166 Å². The summed E-state index contributed by atoms with van der Waals surface area (Å²) in [5, 5.41) is 13.1. The normalized spacial score (nSPS) is 11.4. The fourth-order valence-corrected chi connectivity index (χ4v) is 3.53. The van der Waals surface area contributed by atoms with Gasteiger partial charge in [0.15, 0.2) is 15.9 Å². The maximum Gasteiger partial charge on any atom is 0.187 e. The van der Waals surface area contributed by atoms with Gasteiger partial charge in [-0.05, 0) is 37.6 Å². The highest BCUT2D eigenvalue weighted by Crippen LogP contribution is 2.41. The molecule has 3 heterocycles. The third kappa shape index (κ3) is 3.62. The average molecular weight is 402 g/mol. The van der Waals surface area contributed by atoms with Crippen molar-refractivity contribution >= 4 is 23.5 Å². The molecule has 1 N–H and O–H groups in total. The van der Waals surface area contributed by atoms with E-state index >= 15 is 0 Å². The predicted octanol–water partition coefficient (Wildman–Crippen LogP) is 2.71. The molecule has 0 saturated heterocycles. The van der Waals surface area contributed by atoms with Gasteiger partial charge < -0.3 is 9.84 Å². The molecule has 0 spiro atoms. The molecule has 0 amide bonds. The van der Waals surface area contributed by atoms with E-state index in [1.807, 2.05) is 19.4 Å². The van der Waals surface area contributed by atoms with Crippen LogP contribution in [0.25, 0.3) is 0 Å². The maximum absolute atomic E-state index is 12.0. The average Bonchev–Trinajstić information content (AvgIpc) is 2.73. The second-order valence-corrected chi connectivity index (χ2v) is 7.09. The highest BCUT2D eigenvalue weighted by molar-refractivity contribution is 7.98. The summed E-state index contributed by atoms with van der Waals surface area (Å²) in [4.78, 5) is 21.9. The van der Waals surface area contributed by atoms with Gasteiger partial charge in [-0.1, -0.05) is 23.5 Å². The first-order valence-corrected chi connectivity index (χ1v) is 10.5. The quantitative estimate of drug-likeness (QED) is 0.494. The van der Waals surface area contributed by atoms with Crippen LogP contribution in [0.15, 0.2) is 47.1 Å². The molecule has 7 nitrogen and oxygen atoms in total. The number of hydrogen-bond acceptors (Lipinski definition) is 9. The number of thioether (sulfide) groups is 2. The summed E-state index contributed by atoms with van der Waals surface area (Å²) in [5.74, 6) is 0.499. The number of rotatable bonds is 6. The summed E-state index contributed by atoms with van der Waals surface area (Å²) in [6, 6.07) is 5.06. The van der Waals surface area contributed by atoms with Crippen molar-refractivity contribution < 1.29 is 9.84 Å². The Morgan fingerprint density at radius 3 is 1.89 bits per heavy atom. The topological polar surface area (TPSA) is 93.9 Å². The molecular formula is C18H19N5O2S2. The highest BCUT2D eigenvalue weighted by atomic mass is 32.2. The summed E-state index contributed by atoms with van der Waals surface area (Å²) < 4.78 is 5.53. The molecule has 0 aromatic carbocycles. The van der Waals surface area contributed by atoms with Gasteiger partial charge in [0, 0.05) is 24.3 Å². The minimum absolute atomic E-state index is 0.391. The highest BCUT2D eigenvalue weighted by Gasteiger charge is 2.41. The van der Waals surface area contributed by atoms with Crippen molar-refractivity contribution in [3.63, 3.8) is 0 Å². The third-order valence-corrected chi connectivity index (χ3v) is 5.18. The van der Waals surface area contributed by atoms with Crippen LogP contribution in [0.5, 0.6) is 5.75 Å². The van der Waals surface area contributed by atoms with Crippen LogP contribution in [-0.2, 0) is 5.60 Å². The third-order valence-electron chi connectivity index (χ3n) is 4.06. The molecule has 0 radical (unpaired) electrons. The van der Waals surface area contributed by atoms with E-state index in [0.29, 0.717) is 38.7 Å². The van der Waals surface area contributed by atoms with E-state index < -0.39 is 5.60 Å². The van der Waals surface area contributed by atoms with E-state index in [4.69, 9.17) is 4.74 Å². The molecule has 140 valence electrons. The SMILES string of the molecule is COc1ccnc(C)c1C(O)(c1ccnc(SC)n1)c1ccnc(SC)n1. The Balaban J connectivity index is 2.36. The summed E-state index contributed by atoms with van der Waals surface area (Å²) in [5.41, 5.74) is 0.211. The van der Waals surface area contributed by atoms with Crippen LogP contribution in [0.4, 0.5) is 0 Å². The van der Waals surface area contributed by atoms with Crippen LogP contribution in [0, 0.1) is 6.92 Å². The van der Waals surface area contributed by atoms with Crippen molar-refractivity contribution in [2.24, 2.45) is 0 Å². The van der Waals surface area contributed by atoms with Crippen molar-refractivity contribution in [2.45, 2.75) is 22.8 Å². The van der Waals surface area contributed by atoms with E-state index in [0.717, 1.165) is 0 Å². The van der Waals surface area contributed by atoms with Gasteiger partial charge >= 0.3 is 0 Å². The molecule has 0 unspecified atom stereocenters. The van der Waals surface area contributed by atoms with Crippen LogP contribution < -0.4 is 4.74 Å². The molecule has 3 rings (SSSR count). The lowest BCUT2D eigenvalue weighted by atomic mass is 9.85. The number of aryl methyl sites for hydroxylation is 1. The first kappa shape index (κ1) is 19.5. The molecule has 0 aliphatic heterocycles.